The molecule has 2 heterocycles. The van der Waals surface area contributed by atoms with Crippen LogP contribution in [0.1, 0.15) is 33.6 Å². The van der Waals surface area contributed by atoms with Crippen molar-refractivity contribution in [3.05, 3.63) is 68.3 Å². The van der Waals surface area contributed by atoms with Gasteiger partial charge in [-0.3, -0.25) is 9.36 Å². The number of benzene rings is 1. The molecule has 0 saturated carbocycles. The van der Waals surface area contributed by atoms with Crippen LogP contribution >= 0.6 is 23.1 Å². The first kappa shape index (κ1) is 17.6. The first-order chi connectivity index (χ1) is 12.6. The summed E-state index contributed by atoms with van der Waals surface area (Å²) in [5, 5.41) is 1.64. The van der Waals surface area contributed by atoms with E-state index in [2.05, 4.69) is 38.6 Å². The van der Waals surface area contributed by atoms with Gasteiger partial charge in [-0.2, -0.15) is 0 Å². The van der Waals surface area contributed by atoms with E-state index in [1.54, 1.807) is 33.7 Å². The third kappa shape index (κ3) is 3.03. The van der Waals surface area contributed by atoms with E-state index in [9.17, 15) is 4.79 Å². The topological polar surface area (TPSA) is 34.9 Å². The maximum atomic E-state index is 13.2. The standard InChI is InChI=1S/C21H22N2OS2/c1-4-10-23-20(24)18-16-6-5-7-17(16)26-19(18)22-21(23)25-12-15-9-8-13(2)11-14(15)3/h4,8-9,11H,1,5-7,10,12H2,2-3H3. The first-order valence-electron chi connectivity index (χ1n) is 8.93. The van der Waals surface area contributed by atoms with E-state index in [0.717, 1.165) is 40.4 Å². The molecule has 0 atom stereocenters. The Kier molecular flexibility index (Phi) is 4.76. The lowest BCUT2D eigenvalue weighted by Gasteiger charge is -2.12. The van der Waals surface area contributed by atoms with Crippen LogP contribution in [0.3, 0.4) is 0 Å². The molecular formula is C21H22N2OS2. The zero-order valence-corrected chi connectivity index (χ0v) is 16.8. The number of allylic oxidation sites excluding steroid dienone is 1. The average molecular weight is 383 g/mol. The molecule has 0 aliphatic heterocycles. The quantitative estimate of drug-likeness (QED) is 0.352. The number of hydrogen-bond acceptors (Lipinski definition) is 4. The van der Waals surface area contributed by atoms with Crippen LogP contribution in [0.15, 0.2) is 40.8 Å². The summed E-state index contributed by atoms with van der Waals surface area (Å²) in [6.45, 7) is 8.58. The molecule has 5 heteroatoms. The van der Waals surface area contributed by atoms with Crippen LogP contribution in [0, 0.1) is 13.8 Å². The highest BCUT2D eigenvalue weighted by Crippen LogP contribution is 2.36. The summed E-state index contributed by atoms with van der Waals surface area (Å²) in [4.78, 5) is 20.3. The lowest BCUT2D eigenvalue weighted by atomic mass is 10.1. The summed E-state index contributed by atoms with van der Waals surface area (Å²) in [5.74, 6) is 0.812. The maximum Gasteiger partial charge on any atom is 0.263 e. The third-order valence-electron chi connectivity index (χ3n) is 4.96. The van der Waals surface area contributed by atoms with Gasteiger partial charge in [0.2, 0.25) is 0 Å². The Labute approximate surface area is 161 Å². The van der Waals surface area contributed by atoms with Crippen molar-refractivity contribution in [2.45, 2.75) is 50.6 Å². The van der Waals surface area contributed by atoms with E-state index in [-0.39, 0.29) is 5.56 Å². The number of aryl methyl sites for hydroxylation is 4. The molecule has 26 heavy (non-hydrogen) atoms. The molecule has 1 aliphatic carbocycles. The average Bonchev–Trinajstić information content (AvgIpc) is 3.17. The second-order valence-electron chi connectivity index (χ2n) is 6.85. The number of fused-ring (bicyclic) bond motifs is 3. The Morgan fingerprint density at radius 3 is 2.96 bits per heavy atom. The molecular weight excluding hydrogens is 360 g/mol. The van der Waals surface area contributed by atoms with Gasteiger partial charge in [-0.15, -0.1) is 17.9 Å². The van der Waals surface area contributed by atoms with Crippen LogP contribution in [0.5, 0.6) is 0 Å². The number of nitrogens with zero attached hydrogens (tertiary/aromatic N) is 2. The summed E-state index contributed by atoms with van der Waals surface area (Å²) >= 11 is 3.35. The van der Waals surface area contributed by atoms with Gasteiger partial charge in [-0.25, -0.2) is 4.98 Å². The normalized spacial score (nSPS) is 13.3. The second-order valence-corrected chi connectivity index (χ2v) is 8.88. The molecule has 0 N–H and O–H groups in total. The Morgan fingerprint density at radius 1 is 1.35 bits per heavy atom. The minimum absolute atomic E-state index is 0.0948. The number of thiophene rings is 1. The molecule has 0 amide bonds. The molecule has 3 aromatic rings. The van der Waals surface area contributed by atoms with Crippen molar-refractivity contribution in [2.75, 3.05) is 0 Å². The van der Waals surface area contributed by atoms with E-state index >= 15 is 0 Å². The van der Waals surface area contributed by atoms with Gasteiger partial charge < -0.3 is 0 Å². The molecule has 0 unspecified atom stereocenters. The highest BCUT2D eigenvalue weighted by atomic mass is 32.2. The van der Waals surface area contributed by atoms with Gasteiger partial charge >= 0.3 is 0 Å². The van der Waals surface area contributed by atoms with Crippen molar-refractivity contribution in [3.8, 4) is 0 Å². The smallest absolute Gasteiger partial charge is 0.263 e. The van der Waals surface area contributed by atoms with Gasteiger partial charge in [-0.05, 0) is 49.8 Å². The molecule has 0 fully saturated rings. The molecule has 0 bridgehead atoms. The van der Waals surface area contributed by atoms with E-state index in [1.807, 2.05) is 0 Å². The van der Waals surface area contributed by atoms with Crippen molar-refractivity contribution in [2.24, 2.45) is 0 Å². The van der Waals surface area contributed by atoms with Crippen LogP contribution in [0.2, 0.25) is 0 Å². The molecule has 1 aliphatic rings. The Bertz CT molecular complexity index is 1060. The van der Waals surface area contributed by atoms with Crippen molar-refractivity contribution in [1.82, 2.24) is 9.55 Å². The van der Waals surface area contributed by atoms with E-state index < -0.39 is 0 Å². The van der Waals surface area contributed by atoms with Crippen molar-refractivity contribution >= 4 is 33.3 Å². The van der Waals surface area contributed by atoms with Crippen molar-refractivity contribution in [1.29, 1.82) is 0 Å². The number of hydrogen-bond donors (Lipinski definition) is 0. The Hall–Kier alpha value is -1.85. The van der Waals surface area contributed by atoms with Crippen LogP contribution < -0.4 is 5.56 Å². The zero-order valence-electron chi connectivity index (χ0n) is 15.2. The summed E-state index contributed by atoms with van der Waals surface area (Å²) in [5.41, 5.74) is 5.18. The number of thioether (sulfide) groups is 1. The maximum absolute atomic E-state index is 13.2. The molecule has 0 radical (unpaired) electrons. The van der Waals surface area contributed by atoms with E-state index in [1.165, 1.54) is 27.1 Å². The van der Waals surface area contributed by atoms with Crippen molar-refractivity contribution < 1.29 is 0 Å². The van der Waals surface area contributed by atoms with Crippen molar-refractivity contribution in [3.63, 3.8) is 0 Å². The second kappa shape index (κ2) is 7.05. The highest BCUT2D eigenvalue weighted by molar-refractivity contribution is 7.98. The third-order valence-corrected chi connectivity index (χ3v) is 7.17. The summed E-state index contributed by atoms with van der Waals surface area (Å²) in [6.07, 6.45) is 5.03. The fraction of sp³-hybridized carbons (Fsp3) is 0.333. The lowest BCUT2D eigenvalue weighted by molar-refractivity contribution is 0.672. The Morgan fingerprint density at radius 2 is 2.19 bits per heavy atom. The van der Waals surface area contributed by atoms with Crippen LogP contribution in [0.4, 0.5) is 0 Å². The fourth-order valence-corrected chi connectivity index (χ4v) is 6.00. The molecule has 1 aromatic carbocycles. The highest BCUT2D eigenvalue weighted by Gasteiger charge is 2.23. The zero-order chi connectivity index (χ0) is 18.3. The largest absolute Gasteiger partial charge is 0.283 e. The Balaban J connectivity index is 1.75. The predicted molar refractivity (Wildman–Crippen MR) is 112 cm³/mol. The van der Waals surface area contributed by atoms with Gasteiger partial charge in [-0.1, -0.05) is 41.6 Å². The molecule has 4 rings (SSSR count). The summed E-state index contributed by atoms with van der Waals surface area (Å²) in [6, 6.07) is 6.51. The molecule has 0 spiro atoms. The molecule has 134 valence electrons. The van der Waals surface area contributed by atoms with Gasteiger partial charge in [0.25, 0.3) is 5.56 Å². The SMILES string of the molecule is C=CCn1c(SCc2ccc(C)cc2C)nc2sc3c(c2c1=O)CCC3. The van der Waals surface area contributed by atoms with E-state index in [4.69, 9.17) is 4.98 Å². The molecule has 2 aromatic heterocycles. The van der Waals surface area contributed by atoms with Gasteiger partial charge in [0.1, 0.15) is 4.83 Å². The van der Waals surface area contributed by atoms with Crippen LogP contribution in [-0.4, -0.2) is 9.55 Å². The minimum Gasteiger partial charge on any atom is -0.283 e. The van der Waals surface area contributed by atoms with Crippen LogP contribution in [-0.2, 0) is 25.1 Å². The first-order valence-corrected chi connectivity index (χ1v) is 10.7. The van der Waals surface area contributed by atoms with Crippen LogP contribution in [0.25, 0.3) is 10.2 Å². The van der Waals surface area contributed by atoms with E-state index in [0.29, 0.717) is 6.54 Å². The predicted octanol–water partition coefficient (Wildman–Crippen LogP) is 5.04. The monoisotopic (exact) mass is 382 g/mol. The lowest BCUT2D eigenvalue weighted by Crippen LogP contribution is -2.22. The van der Waals surface area contributed by atoms with Gasteiger partial charge in [0.15, 0.2) is 5.16 Å². The summed E-state index contributed by atoms with van der Waals surface area (Å²) in [7, 11) is 0. The fourth-order valence-electron chi connectivity index (χ4n) is 3.61. The van der Waals surface area contributed by atoms with Gasteiger partial charge in [0, 0.05) is 17.2 Å². The summed E-state index contributed by atoms with van der Waals surface area (Å²) < 4.78 is 1.79. The minimum atomic E-state index is 0.0948. The number of rotatable bonds is 5. The van der Waals surface area contributed by atoms with Gasteiger partial charge in [0.05, 0.1) is 5.39 Å². The number of aromatic nitrogens is 2. The molecule has 0 saturated heterocycles. The molecule has 3 nitrogen and oxygen atoms in total.